The number of fused-ring (bicyclic) bond motifs is 1. The molecule has 5 nitrogen and oxygen atoms in total. The molecular weight excluding hydrogens is 415 g/mol. The standard InChI is InChI=1S/C27H23FN4O/c1-17-22-13-19(11-12-25(22)32-31-17)23-14-20(30-26(16-33)18-7-3-2-4-8-18)15-29-27(23)21-9-5-6-10-24(21)28/h2-15,26,30,33H,16H2,1H3,(H,31,32). The van der Waals surface area contributed by atoms with Crippen LogP contribution in [-0.4, -0.2) is 26.9 Å². The first-order valence-corrected chi connectivity index (χ1v) is 10.8. The fourth-order valence-electron chi connectivity index (χ4n) is 4.06. The van der Waals surface area contributed by atoms with Crippen molar-refractivity contribution < 1.29 is 9.50 Å². The Morgan fingerprint density at radius 3 is 2.55 bits per heavy atom. The van der Waals surface area contributed by atoms with Gasteiger partial charge in [-0.3, -0.25) is 10.1 Å². The van der Waals surface area contributed by atoms with Crippen LogP contribution in [0.2, 0.25) is 0 Å². The molecule has 33 heavy (non-hydrogen) atoms. The minimum absolute atomic E-state index is 0.0748. The molecule has 6 heteroatoms. The first-order valence-electron chi connectivity index (χ1n) is 10.8. The molecule has 3 N–H and O–H groups in total. The fourth-order valence-corrected chi connectivity index (χ4v) is 4.06. The number of pyridine rings is 1. The Balaban J connectivity index is 1.63. The number of rotatable bonds is 6. The van der Waals surface area contributed by atoms with Crippen molar-refractivity contribution >= 4 is 16.6 Å². The van der Waals surface area contributed by atoms with Crippen LogP contribution in [0.15, 0.2) is 85.1 Å². The minimum atomic E-state index is -0.329. The molecule has 5 aromatic rings. The zero-order valence-corrected chi connectivity index (χ0v) is 18.1. The normalized spacial score (nSPS) is 12.1. The molecule has 0 saturated heterocycles. The lowest BCUT2D eigenvalue weighted by Gasteiger charge is -2.19. The van der Waals surface area contributed by atoms with E-state index in [2.05, 4.69) is 20.5 Å². The van der Waals surface area contributed by atoms with Crippen LogP contribution in [0.4, 0.5) is 10.1 Å². The van der Waals surface area contributed by atoms with E-state index in [0.717, 1.165) is 39.0 Å². The van der Waals surface area contributed by atoms with Crippen LogP contribution in [0.5, 0.6) is 0 Å². The zero-order valence-electron chi connectivity index (χ0n) is 18.1. The third kappa shape index (κ3) is 4.08. The summed E-state index contributed by atoms with van der Waals surface area (Å²) in [7, 11) is 0. The summed E-state index contributed by atoms with van der Waals surface area (Å²) in [4.78, 5) is 4.65. The van der Waals surface area contributed by atoms with Crippen molar-refractivity contribution in [1.29, 1.82) is 0 Å². The number of hydrogen-bond donors (Lipinski definition) is 3. The second-order valence-corrected chi connectivity index (χ2v) is 7.97. The van der Waals surface area contributed by atoms with E-state index in [-0.39, 0.29) is 18.5 Å². The predicted octanol–water partition coefficient (Wildman–Crippen LogP) is 5.88. The van der Waals surface area contributed by atoms with E-state index < -0.39 is 0 Å². The Hall–Kier alpha value is -4.03. The zero-order chi connectivity index (χ0) is 22.8. The lowest BCUT2D eigenvalue weighted by atomic mass is 9.97. The van der Waals surface area contributed by atoms with Crippen LogP contribution in [0.25, 0.3) is 33.3 Å². The average molecular weight is 439 g/mol. The molecule has 1 unspecified atom stereocenters. The molecule has 0 aliphatic carbocycles. The first kappa shape index (κ1) is 20.8. The van der Waals surface area contributed by atoms with Crippen LogP contribution < -0.4 is 5.32 Å². The first-order chi connectivity index (χ1) is 16.1. The van der Waals surface area contributed by atoms with E-state index in [9.17, 15) is 9.50 Å². The number of hydrogen-bond acceptors (Lipinski definition) is 4. The van der Waals surface area contributed by atoms with Crippen LogP contribution in [0.1, 0.15) is 17.3 Å². The summed E-state index contributed by atoms with van der Waals surface area (Å²) < 4.78 is 14.7. The summed E-state index contributed by atoms with van der Waals surface area (Å²) in [5, 5.41) is 21.7. The molecule has 2 aromatic heterocycles. The number of H-pyrrole nitrogens is 1. The van der Waals surface area contributed by atoms with Gasteiger partial charge >= 0.3 is 0 Å². The van der Waals surface area contributed by atoms with Gasteiger partial charge in [-0.1, -0.05) is 48.5 Å². The van der Waals surface area contributed by atoms with Gasteiger partial charge in [0.2, 0.25) is 0 Å². The summed E-state index contributed by atoms with van der Waals surface area (Å²) >= 11 is 0. The van der Waals surface area contributed by atoms with Gasteiger partial charge in [0, 0.05) is 22.2 Å². The summed E-state index contributed by atoms with van der Waals surface area (Å²) in [5.74, 6) is -0.329. The maximum atomic E-state index is 14.7. The van der Waals surface area contributed by atoms with Crippen molar-refractivity contribution in [1.82, 2.24) is 15.2 Å². The van der Waals surface area contributed by atoms with E-state index in [0.29, 0.717) is 11.3 Å². The fraction of sp³-hybridized carbons (Fsp3) is 0.111. The van der Waals surface area contributed by atoms with Gasteiger partial charge in [-0.15, -0.1) is 0 Å². The largest absolute Gasteiger partial charge is 0.394 e. The molecule has 3 aromatic carbocycles. The molecule has 0 bridgehead atoms. The highest BCUT2D eigenvalue weighted by Crippen LogP contribution is 2.36. The van der Waals surface area contributed by atoms with Gasteiger partial charge in [0.05, 0.1) is 35.7 Å². The molecule has 0 aliphatic rings. The van der Waals surface area contributed by atoms with Crippen molar-refractivity contribution in [2.45, 2.75) is 13.0 Å². The molecule has 0 amide bonds. The number of aromatic amines is 1. The Bertz CT molecular complexity index is 1410. The maximum Gasteiger partial charge on any atom is 0.132 e. The van der Waals surface area contributed by atoms with Gasteiger partial charge in [-0.25, -0.2) is 4.39 Å². The van der Waals surface area contributed by atoms with E-state index in [1.165, 1.54) is 6.07 Å². The lowest BCUT2D eigenvalue weighted by molar-refractivity contribution is 0.276. The molecule has 1 atom stereocenters. The summed E-state index contributed by atoms with van der Waals surface area (Å²) in [6.45, 7) is 1.90. The number of aliphatic hydroxyl groups is 1. The number of aryl methyl sites for hydroxylation is 1. The number of aromatic nitrogens is 3. The average Bonchev–Trinajstić information content (AvgIpc) is 3.23. The molecule has 0 radical (unpaired) electrons. The monoisotopic (exact) mass is 438 g/mol. The van der Waals surface area contributed by atoms with Crippen molar-refractivity contribution in [3.63, 3.8) is 0 Å². The molecular formula is C27H23FN4O. The topological polar surface area (TPSA) is 73.8 Å². The number of aliphatic hydroxyl groups excluding tert-OH is 1. The number of halogens is 1. The highest BCUT2D eigenvalue weighted by Gasteiger charge is 2.17. The van der Waals surface area contributed by atoms with Crippen LogP contribution in [0.3, 0.4) is 0 Å². The second-order valence-electron chi connectivity index (χ2n) is 7.97. The van der Waals surface area contributed by atoms with E-state index in [1.807, 2.05) is 61.5 Å². The van der Waals surface area contributed by atoms with Gasteiger partial charge in [0.25, 0.3) is 0 Å². The molecule has 5 rings (SSSR count). The summed E-state index contributed by atoms with van der Waals surface area (Å²) in [6, 6.07) is 24.0. The summed E-state index contributed by atoms with van der Waals surface area (Å²) in [5.41, 5.74) is 6.22. The Labute approximate surface area is 191 Å². The van der Waals surface area contributed by atoms with Gasteiger partial charge in [-0.05, 0) is 48.4 Å². The number of nitrogens with one attached hydrogen (secondary N) is 2. The molecule has 2 heterocycles. The lowest BCUT2D eigenvalue weighted by Crippen LogP contribution is -2.15. The number of anilines is 1. The number of nitrogens with zero attached hydrogens (tertiary/aromatic N) is 2. The van der Waals surface area contributed by atoms with E-state index >= 15 is 0 Å². The Morgan fingerprint density at radius 1 is 0.970 bits per heavy atom. The number of benzene rings is 3. The third-order valence-corrected chi connectivity index (χ3v) is 5.80. The molecule has 0 fully saturated rings. The Kier molecular flexibility index (Phi) is 5.59. The predicted molar refractivity (Wildman–Crippen MR) is 129 cm³/mol. The maximum absolute atomic E-state index is 14.7. The van der Waals surface area contributed by atoms with Crippen molar-refractivity contribution in [3.8, 4) is 22.4 Å². The minimum Gasteiger partial charge on any atom is -0.394 e. The quantitative estimate of drug-likeness (QED) is 0.309. The van der Waals surface area contributed by atoms with Crippen LogP contribution >= 0.6 is 0 Å². The van der Waals surface area contributed by atoms with Crippen molar-refractivity contribution in [2.75, 3.05) is 11.9 Å². The highest BCUT2D eigenvalue weighted by atomic mass is 19.1. The molecule has 0 saturated carbocycles. The molecule has 0 aliphatic heterocycles. The van der Waals surface area contributed by atoms with E-state index in [1.54, 1.807) is 24.4 Å². The van der Waals surface area contributed by atoms with Gasteiger partial charge in [-0.2, -0.15) is 5.10 Å². The third-order valence-electron chi connectivity index (χ3n) is 5.80. The smallest absolute Gasteiger partial charge is 0.132 e. The van der Waals surface area contributed by atoms with Crippen molar-refractivity contribution in [3.05, 3.63) is 102 Å². The molecule has 0 spiro atoms. The van der Waals surface area contributed by atoms with Gasteiger partial charge < -0.3 is 10.4 Å². The Morgan fingerprint density at radius 2 is 1.76 bits per heavy atom. The van der Waals surface area contributed by atoms with Gasteiger partial charge in [0.15, 0.2) is 0 Å². The van der Waals surface area contributed by atoms with Crippen LogP contribution in [-0.2, 0) is 0 Å². The highest BCUT2D eigenvalue weighted by molar-refractivity contribution is 5.90. The van der Waals surface area contributed by atoms with Gasteiger partial charge in [0.1, 0.15) is 5.82 Å². The van der Waals surface area contributed by atoms with E-state index in [4.69, 9.17) is 0 Å². The van der Waals surface area contributed by atoms with Crippen LogP contribution in [0, 0.1) is 12.7 Å². The summed E-state index contributed by atoms with van der Waals surface area (Å²) in [6.07, 6.45) is 1.68. The second kappa shape index (κ2) is 8.84. The SMILES string of the molecule is Cc1[nH]nc2ccc(-c3cc(NC(CO)c4ccccc4)cnc3-c3ccccc3F)cc12. The van der Waals surface area contributed by atoms with Crippen molar-refractivity contribution in [2.24, 2.45) is 0 Å². The molecule has 164 valence electrons.